The van der Waals surface area contributed by atoms with Crippen molar-refractivity contribution < 1.29 is 19.4 Å². The number of methoxy groups -OCH3 is 1. The highest BCUT2D eigenvalue weighted by atomic mass is 16.5. The molecule has 0 fully saturated rings. The van der Waals surface area contributed by atoms with Crippen molar-refractivity contribution in [1.29, 1.82) is 0 Å². The van der Waals surface area contributed by atoms with Crippen LogP contribution in [0.4, 0.5) is 0 Å². The average Bonchev–Trinajstić information content (AvgIpc) is 2.26. The summed E-state index contributed by atoms with van der Waals surface area (Å²) in [4.78, 5) is 14.6. The SMILES string of the molecule is COC(C)COc1cnccc1C(=O)O. The van der Waals surface area contributed by atoms with Gasteiger partial charge in [0.1, 0.15) is 12.2 Å². The molecule has 0 aliphatic heterocycles. The highest BCUT2D eigenvalue weighted by Crippen LogP contribution is 2.16. The van der Waals surface area contributed by atoms with Gasteiger partial charge in [0.05, 0.1) is 12.3 Å². The lowest BCUT2D eigenvalue weighted by atomic mass is 10.2. The number of pyridine rings is 1. The summed E-state index contributed by atoms with van der Waals surface area (Å²) in [5.74, 6) is -0.772. The van der Waals surface area contributed by atoms with Crippen molar-refractivity contribution >= 4 is 5.97 Å². The summed E-state index contributed by atoms with van der Waals surface area (Å²) < 4.78 is 10.3. The molecule has 1 N–H and O–H groups in total. The van der Waals surface area contributed by atoms with Gasteiger partial charge in [-0.05, 0) is 13.0 Å². The summed E-state index contributed by atoms with van der Waals surface area (Å²) in [6.45, 7) is 2.12. The van der Waals surface area contributed by atoms with Crippen molar-refractivity contribution in [3.8, 4) is 5.75 Å². The van der Waals surface area contributed by atoms with Crippen LogP contribution in [-0.4, -0.2) is 35.9 Å². The topological polar surface area (TPSA) is 68.7 Å². The van der Waals surface area contributed by atoms with Gasteiger partial charge >= 0.3 is 5.97 Å². The number of ether oxygens (including phenoxy) is 2. The Morgan fingerprint density at radius 3 is 3.00 bits per heavy atom. The maximum absolute atomic E-state index is 10.8. The van der Waals surface area contributed by atoms with E-state index in [9.17, 15) is 4.79 Å². The molecule has 1 unspecified atom stereocenters. The molecule has 0 bridgehead atoms. The molecule has 0 amide bonds. The van der Waals surface area contributed by atoms with Crippen LogP contribution in [0.25, 0.3) is 0 Å². The number of aromatic nitrogens is 1. The number of hydrogen-bond donors (Lipinski definition) is 1. The first-order chi connectivity index (χ1) is 7.15. The molecule has 1 atom stereocenters. The third kappa shape index (κ3) is 3.21. The van der Waals surface area contributed by atoms with E-state index in [2.05, 4.69) is 4.98 Å². The van der Waals surface area contributed by atoms with Crippen LogP contribution >= 0.6 is 0 Å². The van der Waals surface area contributed by atoms with E-state index in [-0.39, 0.29) is 17.4 Å². The Morgan fingerprint density at radius 2 is 2.40 bits per heavy atom. The minimum absolute atomic E-state index is 0.0909. The van der Waals surface area contributed by atoms with Gasteiger partial charge in [-0.15, -0.1) is 0 Å². The fraction of sp³-hybridized carbons (Fsp3) is 0.400. The number of carboxylic acid groups (broad SMARTS) is 1. The fourth-order valence-electron chi connectivity index (χ4n) is 0.947. The molecule has 1 heterocycles. The minimum Gasteiger partial charge on any atom is -0.488 e. The van der Waals surface area contributed by atoms with Crippen molar-refractivity contribution in [2.75, 3.05) is 13.7 Å². The largest absolute Gasteiger partial charge is 0.488 e. The highest BCUT2D eigenvalue weighted by molar-refractivity contribution is 5.90. The Bertz CT molecular complexity index is 340. The van der Waals surface area contributed by atoms with Crippen molar-refractivity contribution in [3.05, 3.63) is 24.0 Å². The van der Waals surface area contributed by atoms with E-state index in [1.807, 2.05) is 6.92 Å². The van der Waals surface area contributed by atoms with E-state index >= 15 is 0 Å². The summed E-state index contributed by atoms with van der Waals surface area (Å²) in [5.41, 5.74) is 0.105. The predicted molar refractivity (Wildman–Crippen MR) is 53.2 cm³/mol. The molecule has 0 saturated carbocycles. The van der Waals surface area contributed by atoms with E-state index < -0.39 is 5.97 Å². The highest BCUT2D eigenvalue weighted by Gasteiger charge is 2.11. The number of carbonyl (C=O) groups is 1. The van der Waals surface area contributed by atoms with Gasteiger partial charge in [0.25, 0.3) is 0 Å². The quantitative estimate of drug-likeness (QED) is 0.792. The molecule has 1 aromatic rings. The standard InChI is InChI=1S/C10H13NO4/c1-7(14-2)6-15-9-5-11-4-3-8(9)10(12)13/h3-5,7H,6H2,1-2H3,(H,12,13). The lowest BCUT2D eigenvalue weighted by Crippen LogP contribution is -2.17. The molecule has 0 radical (unpaired) electrons. The zero-order chi connectivity index (χ0) is 11.3. The lowest BCUT2D eigenvalue weighted by molar-refractivity contribution is 0.0645. The van der Waals surface area contributed by atoms with Crippen LogP contribution in [0.2, 0.25) is 0 Å². The van der Waals surface area contributed by atoms with Crippen LogP contribution in [0.15, 0.2) is 18.5 Å². The molecule has 0 saturated heterocycles. The maximum atomic E-state index is 10.8. The first-order valence-corrected chi connectivity index (χ1v) is 4.48. The smallest absolute Gasteiger partial charge is 0.339 e. The number of hydrogen-bond acceptors (Lipinski definition) is 4. The second-order valence-corrected chi connectivity index (χ2v) is 3.03. The van der Waals surface area contributed by atoms with Crippen molar-refractivity contribution in [3.63, 3.8) is 0 Å². The number of rotatable bonds is 5. The summed E-state index contributed by atoms with van der Waals surface area (Å²) in [6.07, 6.45) is 2.70. The average molecular weight is 211 g/mol. The summed E-state index contributed by atoms with van der Waals surface area (Å²) in [5, 5.41) is 8.85. The molecular formula is C10H13NO4. The third-order valence-electron chi connectivity index (χ3n) is 1.89. The van der Waals surface area contributed by atoms with Crippen LogP contribution in [0, 0.1) is 0 Å². The number of aromatic carboxylic acids is 1. The molecule has 5 heteroatoms. The van der Waals surface area contributed by atoms with Gasteiger partial charge in [-0.1, -0.05) is 0 Å². The Morgan fingerprint density at radius 1 is 1.67 bits per heavy atom. The minimum atomic E-state index is -1.03. The van der Waals surface area contributed by atoms with Gasteiger partial charge in [0, 0.05) is 13.3 Å². The first-order valence-electron chi connectivity index (χ1n) is 4.48. The van der Waals surface area contributed by atoms with E-state index in [1.54, 1.807) is 7.11 Å². The fourth-order valence-corrected chi connectivity index (χ4v) is 0.947. The van der Waals surface area contributed by atoms with Crippen molar-refractivity contribution in [2.24, 2.45) is 0 Å². The second kappa shape index (κ2) is 5.31. The van der Waals surface area contributed by atoms with Gasteiger partial charge in [-0.2, -0.15) is 0 Å². The normalized spacial score (nSPS) is 12.1. The van der Waals surface area contributed by atoms with Crippen LogP contribution in [0.5, 0.6) is 5.75 Å². The molecule has 82 valence electrons. The van der Waals surface area contributed by atoms with Crippen LogP contribution in [-0.2, 0) is 4.74 Å². The summed E-state index contributed by atoms with van der Waals surface area (Å²) in [7, 11) is 1.56. The molecule has 1 aromatic heterocycles. The summed E-state index contributed by atoms with van der Waals surface area (Å²) >= 11 is 0. The molecule has 0 aliphatic rings. The molecule has 0 aliphatic carbocycles. The predicted octanol–water partition coefficient (Wildman–Crippen LogP) is 1.19. The van der Waals surface area contributed by atoms with Crippen molar-refractivity contribution in [1.82, 2.24) is 4.98 Å². The van der Waals surface area contributed by atoms with E-state index in [4.69, 9.17) is 14.6 Å². The third-order valence-corrected chi connectivity index (χ3v) is 1.89. The Balaban J connectivity index is 2.72. The second-order valence-electron chi connectivity index (χ2n) is 3.03. The van der Waals surface area contributed by atoms with Gasteiger partial charge in [-0.3, -0.25) is 4.98 Å². The zero-order valence-electron chi connectivity index (χ0n) is 8.64. The maximum Gasteiger partial charge on any atom is 0.339 e. The molecule has 0 spiro atoms. The Hall–Kier alpha value is -1.62. The molecule has 0 aromatic carbocycles. The Labute approximate surface area is 87.7 Å². The van der Waals surface area contributed by atoms with Crippen LogP contribution in [0.3, 0.4) is 0 Å². The van der Waals surface area contributed by atoms with Gasteiger partial charge < -0.3 is 14.6 Å². The zero-order valence-corrected chi connectivity index (χ0v) is 8.64. The van der Waals surface area contributed by atoms with E-state index in [0.717, 1.165) is 0 Å². The van der Waals surface area contributed by atoms with Gasteiger partial charge in [0.15, 0.2) is 5.75 Å². The Kier molecular flexibility index (Phi) is 4.05. The molecule has 1 rings (SSSR count). The van der Waals surface area contributed by atoms with Crippen LogP contribution < -0.4 is 4.74 Å². The van der Waals surface area contributed by atoms with E-state index in [0.29, 0.717) is 6.61 Å². The molecule has 15 heavy (non-hydrogen) atoms. The monoisotopic (exact) mass is 211 g/mol. The first kappa shape index (κ1) is 11.5. The summed E-state index contributed by atoms with van der Waals surface area (Å²) in [6, 6.07) is 1.40. The lowest BCUT2D eigenvalue weighted by Gasteiger charge is -2.12. The van der Waals surface area contributed by atoms with Gasteiger partial charge in [-0.25, -0.2) is 4.79 Å². The number of nitrogens with zero attached hydrogens (tertiary/aromatic N) is 1. The molecule has 5 nitrogen and oxygen atoms in total. The van der Waals surface area contributed by atoms with Crippen LogP contribution in [0.1, 0.15) is 17.3 Å². The van der Waals surface area contributed by atoms with Crippen molar-refractivity contribution in [2.45, 2.75) is 13.0 Å². The van der Waals surface area contributed by atoms with E-state index in [1.165, 1.54) is 18.5 Å². The van der Waals surface area contributed by atoms with Gasteiger partial charge in [0.2, 0.25) is 0 Å². The number of carboxylic acids is 1. The molecular weight excluding hydrogens is 198 g/mol.